The molecule has 0 aromatic carbocycles. The summed E-state index contributed by atoms with van der Waals surface area (Å²) in [5.41, 5.74) is 5.24. The lowest BCUT2D eigenvalue weighted by atomic mass is 9.91. The maximum atomic E-state index is 10.9. The Hall–Kier alpha value is -0.570. The zero-order valence-corrected chi connectivity index (χ0v) is 6.97. The number of hydrogen-bond donors (Lipinski definition) is 2. The minimum atomic E-state index is -0.145. The zero-order chi connectivity index (χ0) is 8.27. The molecule has 11 heavy (non-hydrogen) atoms. The van der Waals surface area contributed by atoms with Crippen molar-refractivity contribution in [1.29, 1.82) is 0 Å². The van der Waals surface area contributed by atoms with Gasteiger partial charge in [0.25, 0.3) is 0 Å². The van der Waals surface area contributed by atoms with Gasteiger partial charge in [-0.15, -0.1) is 0 Å². The lowest BCUT2D eigenvalue weighted by Crippen LogP contribution is -2.29. The van der Waals surface area contributed by atoms with Gasteiger partial charge >= 0.3 is 0 Å². The number of amides is 1. The lowest BCUT2D eigenvalue weighted by molar-refractivity contribution is -0.122. The van der Waals surface area contributed by atoms with Gasteiger partial charge in [0, 0.05) is 6.54 Å². The Kier molecular flexibility index (Phi) is 2.88. The number of nitrogens with two attached hydrogens (primary N) is 1. The van der Waals surface area contributed by atoms with Gasteiger partial charge in [0.15, 0.2) is 0 Å². The summed E-state index contributed by atoms with van der Waals surface area (Å²) in [5, 5.41) is 3.19. The minimum Gasteiger partial charge on any atom is -0.369 e. The molecule has 3 N–H and O–H groups in total. The number of carbonyl (C=O) groups is 1. The van der Waals surface area contributed by atoms with Crippen molar-refractivity contribution in [3.63, 3.8) is 0 Å². The molecule has 0 saturated carbocycles. The first-order chi connectivity index (χ1) is 5.25. The van der Waals surface area contributed by atoms with Gasteiger partial charge in [0.1, 0.15) is 0 Å². The highest BCUT2D eigenvalue weighted by Gasteiger charge is 2.30. The zero-order valence-electron chi connectivity index (χ0n) is 6.97. The van der Waals surface area contributed by atoms with Crippen LogP contribution in [0.4, 0.5) is 0 Å². The monoisotopic (exact) mass is 156 g/mol. The largest absolute Gasteiger partial charge is 0.369 e. The quantitative estimate of drug-likeness (QED) is 0.609. The van der Waals surface area contributed by atoms with E-state index in [0.29, 0.717) is 5.92 Å². The Labute approximate surface area is 67.3 Å². The molecule has 0 spiro atoms. The fraction of sp³-hybridized carbons (Fsp3) is 0.875. The Bertz CT molecular complexity index is 147. The molecule has 3 heteroatoms. The van der Waals surface area contributed by atoms with Crippen LogP contribution in [0.1, 0.15) is 19.8 Å². The average Bonchev–Trinajstić information content (AvgIpc) is 2.36. The van der Waals surface area contributed by atoms with Crippen molar-refractivity contribution in [2.24, 2.45) is 17.6 Å². The fourth-order valence-electron chi connectivity index (χ4n) is 1.74. The van der Waals surface area contributed by atoms with E-state index in [1.165, 1.54) is 0 Å². The second-order valence-electron chi connectivity index (χ2n) is 3.22. The third kappa shape index (κ3) is 1.93. The predicted octanol–water partition coefficient (Wildman–Crippen LogP) is 0.107. The van der Waals surface area contributed by atoms with Crippen molar-refractivity contribution < 1.29 is 4.79 Å². The smallest absolute Gasteiger partial charge is 0.222 e. The van der Waals surface area contributed by atoms with E-state index in [-0.39, 0.29) is 11.8 Å². The van der Waals surface area contributed by atoms with Crippen LogP contribution in [-0.4, -0.2) is 19.0 Å². The van der Waals surface area contributed by atoms with E-state index in [1.54, 1.807) is 0 Å². The Morgan fingerprint density at radius 3 is 2.91 bits per heavy atom. The van der Waals surface area contributed by atoms with Crippen LogP contribution in [0.2, 0.25) is 0 Å². The summed E-state index contributed by atoms with van der Waals surface area (Å²) in [6.07, 6.45) is 2.25. The van der Waals surface area contributed by atoms with Crippen molar-refractivity contribution >= 4 is 5.91 Å². The highest BCUT2D eigenvalue weighted by molar-refractivity contribution is 5.77. The number of primary amides is 1. The molecule has 1 rings (SSSR count). The van der Waals surface area contributed by atoms with Crippen molar-refractivity contribution in [2.75, 3.05) is 13.1 Å². The van der Waals surface area contributed by atoms with E-state index < -0.39 is 0 Å². The minimum absolute atomic E-state index is 0.0787. The van der Waals surface area contributed by atoms with Crippen LogP contribution in [0, 0.1) is 11.8 Å². The van der Waals surface area contributed by atoms with E-state index in [0.717, 1.165) is 25.9 Å². The van der Waals surface area contributed by atoms with E-state index in [9.17, 15) is 4.79 Å². The van der Waals surface area contributed by atoms with Crippen LogP contribution in [0.5, 0.6) is 0 Å². The first-order valence-corrected chi connectivity index (χ1v) is 4.25. The van der Waals surface area contributed by atoms with Crippen LogP contribution in [0.15, 0.2) is 0 Å². The molecule has 2 atom stereocenters. The highest BCUT2D eigenvalue weighted by Crippen LogP contribution is 2.20. The molecule has 1 aliphatic heterocycles. The molecule has 64 valence electrons. The van der Waals surface area contributed by atoms with Crippen molar-refractivity contribution in [1.82, 2.24) is 5.32 Å². The van der Waals surface area contributed by atoms with Crippen molar-refractivity contribution in [3.8, 4) is 0 Å². The third-order valence-electron chi connectivity index (χ3n) is 2.36. The summed E-state index contributed by atoms with van der Waals surface area (Å²) in [6, 6.07) is 0. The van der Waals surface area contributed by atoms with Gasteiger partial charge in [-0.1, -0.05) is 13.3 Å². The van der Waals surface area contributed by atoms with Crippen LogP contribution < -0.4 is 11.1 Å². The Balaban J connectivity index is 2.44. The van der Waals surface area contributed by atoms with E-state index in [1.807, 2.05) is 0 Å². The molecule has 0 aliphatic carbocycles. The maximum absolute atomic E-state index is 10.9. The number of nitrogens with one attached hydrogen (secondary N) is 1. The first-order valence-electron chi connectivity index (χ1n) is 4.25. The molecule has 2 unspecified atom stereocenters. The normalized spacial score (nSPS) is 30.6. The molecule has 1 heterocycles. The first kappa shape index (κ1) is 8.53. The Morgan fingerprint density at radius 2 is 2.36 bits per heavy atom. The SMILES string of the molecule is CCCC1CNCC1C(N)=O. The molecule has 0 radical (unpaired) electrons. The summed E-state index contributed by atoms with van der Waals surface area (Å²) >= 11 is 0. The highest BCUT2D eigenvalue weighted by atomic mass is 16.1. The summed E-state index contributed by atoms with van der Waals surface area (Å²) in [5.74, 6) is 0.418. The molecule has 0 aromatic heterocycles. The van der Waals surface area contributed by atoms with Gasteiger partial charge in [-0.3, -0.25) is 4.79 Å². The summed E-state index contributed by atoms with van der Waals surface area (Å²) in [6.45, 7) is 3.87. The third-order valence-corrected chi connectivity index (χ3v) is 2.36. The second kappa shape index (κ2) is 3.72. The van der Waals surface area contributed by atoms with Gasteiger partial charge in [-0.05, 0) is 18.9 Å². The lowest BCUT2D eigenvalue weighted by Gasteiger charge is -2.13. The van der Waals surface area contributed by atoms with Gasteiger partial charge in [0.2, 0.25) is 5.91 Å². The van der Waals surface area contributed by atoms with Gasteiger partial charge in [-0.2, -0.15) is 0 Å². The molecule has 1 fully saturated rings. The summed E-state index contributed by atoms with van der Waals surface area (Å²) < 4.78 is 0. The van der Waals surface area contributed by atoms with E-state index in [2.05, 4.69) is 12.2 Å². The summed E-state index contributed by atoms with van der Waals surface area (Å²) in [7, 11) is 0. The number of rotatable bonds is 3. The number of hydrogen-bond acceptors (Lipinski definition) is 2. The molecule has 0 bridgehead atoms. The van der Waals surface area contributed by atoms with Crippen LogP contribution in [-0.2, 0) is 4.79 Å². The molecular formula is C8H16N2O. The second-order valence-corrected chi connectivity index (χ2v) is 3.22. The Morgan fingerprint density at radius 1 is 1.64 bits per heavy atom. The average molecular weight is 156 g/mol. The van der Waals surface area contributed by atoms with Gasteiger partial charge in [0.05, 0.1) is 5.92 Å². The predicted molar refractivity (Wildman–Crippen MR) is 44.0 cm³/mol. The van der Waals surface area contributed by atoms with E-state index >= 15 is 0 Å². The fourth-order valence-corrected chi connectivity index (χ4v) is 1.74. The number of carbonyl (C=O) groups excluding carboxylic acids is 1. The van der Waals surface area contributed by atoms with E-state index in [4.69, 9.17) is 5.73 Å². The molecule has 3 nitrogen and oxygen atoms in total. The summed E-state index contributed by atoms with van der Waals surface area (Å²) in [4.78, 5) is 10.9. The molecule has 1 amide bonds. The van der Waals surface area contributed by atoms with Crippen LogP contribution in [0.3, 0.4) is 0 Å². The van der Waals surface area contributed by atoms with Crippen molar-refractivity contribution in [3.05, 3.63) is 0 Å². The topological polar surface area (TPSA) is 55.1 Å². The van der Waals surface area contributed by atoms with Gasteiger partial charge < -0.3 is 11.1 Å². The molecular weight excluding hydrogens is 140 g/mol. The van der Waals surface area contributed by atoms with Crippen molar-refractivity contribution in [2.45, 2.75) is 19.8 Å². The van der Waals surface area contributed by atoms with Crippen LogP contribution >= 0.6 is 0 Å². The van der Waals surface area contributed by atoms with Crippen LogP contribution in [0.25, 0.3) is 0 Å². The molecule has 0 aromatic rings. The van der Waals surface area contributed by atoms with Gasteiger partial charge in [-0.25, -0.2) is 0 Å². The molecule has 1 aliphatic rings. The standard InChI is InChI=1S/C8H16N2O/c1-2-3-6-4-10-5-7(6)8(9)11/h6-7,10H,2-5H2,1H3,(H2,9,11). The molecule has 1 saturated heterocycles. The maximum Gasteiger partial charge on any atom is 0.222 e.